The number of hydrogen-bond donors (Lipinski definition) is 1. The minimum Gasteiger partial charge on any atom is -0.462 e. The topological polar surface area (TPSA) is 72.7 Å². The molecule has 4 rings (SSSR count). The van der Waals surface area contributed by atoms with Crippen LogP contribution in [0.25, 0.3) is 16.1 Å². The van der Waals surface area contributed by atoms with Crippen LogP contribution in [-0.2, 0) is 16.0 Å². The number of rotatable bonds is 7. The maximum absolute atomic E-state index is 12.7. The molecule has 31 heavy (non-hydrogen) atoms. The van der Waals surface area contributed by atoms with Gasteiger partial charge in [-0.05, 0) is 44.0 Å². The first-order valence-electron chi connectivity index (χ1n) is 10.2. The largest absolute Gasteiger partial charge is 0.462 e. The highest BCUT2D eigenvalue weighted by Crippen LogP contribution is 2.36. The van der Waals surface area contributed by atoms with Crippen molar-refractivity contribution in [2.75, 3.05) is 11.9 Å². The first-order chi connectivity index (χ1) is 15.1. The number of fused-ring (bicyclic) bond motifs is 1. The number of aryl methyl sites for hydroxylation is 2. The predicted molar refractivity (Wildman–Crippen MR) is 123 cm³/mol. The van der Waals surface area contributed by atoms with Crippen molar-refractivity contribution in [1.82, 2.24) is 9.38 Å². The number of hydrogen-bond acceptors (Lipinski definition) is 5. The lowest BCUT2D eigenvalue weighted by Gasteiger charge is -2.07. The Morgan fingerprint density at radius 1 is 1.13 bits per heavy atom. The number of thiophene rings is 1. The van der Waals surface area contributed by atoms with Gasteiger partial charge in [-0.15, -0.1) is 11.3 Å². The summed E-state index contributed by atoms with van der Waals surface area (Å²) in [5.74, 6) is -0.592. The number of amides is 1. The molecule has 0 aliphatic carbocycles. The molecule has 3 heterocycles. The van der Waals surface area contributed by atoms with Gasteiger partial charge in [-0.2, -0.15) is 0 Å². The van der Waals surface area contributed by atoms with Gasteiger partial charge in [0.1, 0.15) is 10.6 Å². The van der Waals surface area contributed by atoms with E-state index in [9.17, 15) is 9.59 Å². The number of carbonyl (C=O) groups excluding carboxylic acids is 2. The summed E-state index contributed by atoms with van der Waals surface area (Å²) >= 11 is 1.37. The fourth-order valence-electron chi connectivity index (χ4n) is 3.48. The van der Waals surface area contributed by atoms with Crippen LogP contribution in [0.2, 0.25) is 0 Å². The average Bonchev–Trinajstić information content (AvgIpc) is 3.33. The average molecular weight is 434 g/mol. The lowest BCUT2D eigenvalue weighted by molar-refractivity contribution is -0.116. The highest BCUT2D eigenvalue weighted by atomic mass is 32.1. The predicted octanol–water partition coefficient (Wildman–Crippen LogP) is 5.12. The number of aromatic nitrogens is 2. The van der Waals surface area contributed by atoms with E-state index in [2.05, 4.69) is 10.3 Å². The Balaban J connectivity index is 1.53. The van der Waals surface area contributed by atoms with Gasteiger partial charge in [0, 0.05) is 23.2 Å². The van der Waals surface area contributed by atoms with Gasteiger partial charge in [-0.1, -0.05) is 36.4 Å². The van der Waals surface area contributed by atoms with Crippen molar-refractivity contribution in [3.05, 3.63) is 77.7 Å². The molecule has 0 saturated carbocycles. The molecule has 0 atom stereocenters. The molecule has 0 unspecified atom stereocenters. The third-order valence-corrected chi connectivity index (χ3v) is 6.06. The van der Waals surface area contributed by atoms with Crippen LogP contribution >= 0.6 is 11.3 Å². The van der Waals surface area contributed by atoms with Crippen molar-refractivity contribution in [1.29, 1.82) is 0 Å². The zero-order valence-electron chi connectivity index (χ0n) is 17.4. The SMILES string of the molecule is CCOC(=O)c1cc(-c2ccccc2)sc1NC(=O)CCc1c(C)nc2ccccn12. The minimum absolute atomic E-state index is 0.155. The molecule has 3 aromatic heterocycles. The molecule has 6 nitrogen and oxygen atoms in total. The first kappa shape index (κ1) is 20.8. The molecule has 0 spiro atoms. The summed E-state index contributed by atoms with van der Waals surface area (Å²) in [5.41, 5.74) is 4.15. The second-order valence-corrected chi connectivity index (χ2v) is 8.11. The fraction of sp³-hybridized carbons (Fsp3) is 0.208. The number of ether oxygens (including phenoxy) is 1. The lowest BCUT2D eigenvalue weighted by atomic mass is 10.1. The van der Waals surface area contributed by atoms with Crippen molar-refractivity contribution in [2.24, 2.45) is 0 Å². The van der Waals surface area contributed by atoms with Gasteiger partial charge < -0.3 is 14.5 Å². The Kier molecular flexibility index (Phi) is 6.13. The number of pyridine rings is 1. The lowest BCUT2D eigenvalue weighted by Crippen LogP contribution is -2.15. The summed E-state index contributed by atoms with van der Waals surface area (Å²) in [6.45, 7) is 3.99. The molecule has 0 bridgehead atoms. The summed E-state index contributed by atoms with van der Waals surface area (Å²) in [7, 11) is 0. The van der Waals surface area contributed by atoms with Crippen LogP contribution < -0.4 is 5.32 Å². The van der Waals surface area contributed by atoms with E-state index in [1.165, 1.54) is 11.3 Å². The monoisotopic (exact) mass is 433 g/mol. The first-order valence-corrected chi connectivity index (χ1v) is 11.0. The van der Waals surface area contributed by atoms with Gasteiger partial charge in [0.15, 0.2) is 0 Å². The number of carbonyl (C=O) groups is 2. The zero-order chi connectivity index (χ0) is 21.8. The summed E-state index contributed by atoms with van der Waals surface area (Å²) in [4.78, 5) is 30.6. The van der Waals surface area contributed by atoms with Crippen molar-refractivity contribution in [3.63, 3.8) is 0 Å². The number of nitrogens with zero attached hydrogens (tertiary/aromatic N) is 2. The molecular weight excluding hydrogens is 410 g/mol. The molecule has 0 radical (unpaired) electrons. The Morgan fingerprint density at radius 2 is 1.90 bits per heavy atom. The van der Waals surface area contributed by atoms with E-state index < -0.39 is 5.97 Å². The third-order valence-electron chi connectivity index (χ3n) is 4.96. The summed E-state index contributed by atoms with van der Waals surface area (Å²) in [6, 6.07) is 17.4. The highest BCUT2D eigenvalue weighted by Gasteiger charge is 2.20. The highest BCUT2D eigenvalue weighted by molar-refractivity contribution is 7.20. The second-order valence-electron chi connectivity index (χ2n) is 7.06. The number of nitrogens with one attached hydrogen (secondary N) is 1. The molecule has 1 aromatic carbocycles. The van der Waals surface area contributed by atoms with Gasteiger partial charge in [0.25, 0.3) is 0 Å². The van der Waals surface area contributed by atoms with Crippen molar-refractivity contribution >= 4 is 33.9 Å². The van der Waals surface area contributed by atoms with Crippen LogP contribution in [0, 0.1) is 6.92 Å². The second kappa shape index (κ2) is 9.14. The molecule has 158 valence electrons. The van der Waals surface area contributed by atoms with E-state index in [0.29, 0.717) is 17.0 Å². The van der Waals surface area contributed by atoms with Crippen LogP contribution in [0.15, 0.2) is 60.8 Å². The molecule has 1 N–H and O–H groups in total. The van der Waals surface area contributed by atoms with Crippen LogP contribution in [0.5, 0.6) is 0 Å². The zero-order valence-corrected chi connectivity index (χ0v) is 18.2. The molecule has 1 amide bonds. The Bertz CT molecular complexity index is 1230. The Morgan fingerprint density at radius 3 is 2.68 bits per heavy atom. The van der Waals surface area contributed by atoms with Gasteiger partial charge in [-0.25, -0.2) is 9.78 Å². The normalized spacial score (nSPS) is 10.9. The molecule has 0 aliphatic rings. The van der Waals surface area contributed by atoms with Gasteiger partial charge in [-0.3, -0.25) is 4.79 Å². The van der Waals surface area contributed by atoms with E-state index >= 15 is 0 Å². The molecular formula is C24H23N3O3S. The minimum atomic E-state index is -0.436. The van der Waals surface area contributed by atoms with E-state index in [1.807, 2.05) is 66.1 Å². The van der Waals surface area contributed by atoms with Crippen LogP contribution in [0.4, 0.5) is 5.00 Å². The molecule has 0 aliphatic heterocycles. The summed E-state index contributed by atoms with van der Waals surface area (Å²) in [6.07, 6.45) is 2.78. The molecule has 0 saturated heterocycles. The molecule has 7 heteroatoms. The number of imidazole rings is 1. The summed E-state index contributed by atoms with van der Waals surface area (Å²) in [5, 5.41) is 3.43. The maximum Gasteiger partial charge on any atom is 0.341 e. The van der Waals surface area contributed by atoms with Crippen molar-refractivity contribution in [3.8, 4) is 10.4 Å². The summed E-state index contributed by atoms with van der Waals surface area (Å²) < 4.78 is 7.19. The van der Waals surface area contributed by atoms with E-state index in [0.717, 1.165) is 27.5 Å². The van der Waals surface area contributed by atoms with Gasteiger partial charge in [0.2, 0.25) is 5.91 Å². The number of benzene rings is 1. The van der Waals surface area contributed by atoms with E-state index in [1.54, 1.807) is 13.0 Å². The Hall–Kier alpha value is -3.45. The van der Waals surface area contributed by atoms with Gasteiger partial charge in [0.05, 0.1) is 17.9 Å². The maximum atomic E-state index is 12.7. The van der Waals surface area contributed by atoms with Crippen molar-refractivity contribution < 1.29 is 14.3 Å². The molecule has 4 aromatic rings. The Labute approximate surface area is 184 Å². The number of esters is 1. The van der Waals surface area contributed by atoms with E-state index in [4.69, 9.17) is 4.74 Å². The molecule has 0 fully saturated rings. The number of anilines is 1. The fourth-order valence-corrected chi connectivity index (χ4v) is 4.54. The quantitative estimate of drug-likeness (QED) is 0.411. The van der Waals surface area contributed by atoms with Crippen molar-refractivity contribution in [2.45, 2.75) is 26.7 Å². The third kappa shape index (κ3) is 4.51. The van der Waals surface area contributed by atoms with Crippen LogP contribution in [0.1, 0.15) is 35.1 Å². The standard InChI is InChI=1S/C24H23N3O3S/c1-3-30-24(29)18-15-20(17-9-5-4-6-10-17)31-23(18)26-22(28)13-12-19-16(2)25-21-11-7-8-14-27(19)21/h4-11,14-15H,3,12-13H2,1-2H3,(H,26,28). The smallest absolute Gasteiger partial charge is 0.341 e. The van der Waals surface area contributed by atoms with E-state index in [-0.39, 0.29) is 18.9 Å². The van der Waals surface area contributed by atoms with Gasteiger partial charge >= 0.3 is 5.97 Å². The van der Waals surface area contributed by atoms with Crippen LogP contribution in [0.3, 0.4) is 0 Å². The van der Waals surface area contributed by atoms with Crippen LogP contribution in [-0.4, -0.2) is 27.9 Å².